The van der Waals surface area contributed by atoms with Crippen LogP contribution in [-0.4, -0.2) is 22.0 Å². The number of hydrogen-bond acceptors (Lipinski definition) is 3. The van der Waals surface area contributed by atoms with E-state index in [4.69, 9.17) is 5.11 Å². The SMILES string of the molecule is O=C(O)c1cccc(CN2C(=O)Cc3ccccc32)n1. The van der Waals surface area contributed by atoms with Crippen molar-refractivity contribution in [3.63, 3.8) is 0 Å². The number of aromatic nitrogens is 1. The fourth-order valence-electron chi connectivity index (χ4n) is 2.34. The van der Waals surface area contributed by atoms with Crippen LogP contribution in [0.4, 0.5) is 5.69 Å². The van der Waals surface area contributed by atoms with Gasteiger partial charge >= 0.3 is 5.97 Å². The number of benzene rings is 1. The Hall–Kier alpha value is -2.69. The van der Waals surface area contributed by atoms with Gasteiger partial charge in [-0.2, -0.15) is 0 Å². The summed E-state index contributed by atoms with van der Waals surface area (Å²) in [6, 6.07) is 12.4. The number of para-hydroxylation sites is 1. The molecule has 0 saturated heterocycles. The van der Waals surface area contributed by atoms with Crippen molar-refractivity contribution < 1.29 is 14.7 Å². The standard InChI is InChI=1S/C15H12N2O3/c18-14-8-10-4-1-2-7-13(10)17(14)9-11-5-3-6-12(16-11)15(19)20/h1-7H,8-9H2,(H,19,20). The van der Waals surface area contributed by atoms with E-state index in [1.807, 2.05) is 24.3 Å². The van der Waals surface area contributed by atoms with E-state index in [-0.39, 0.29) is 18.1 Å². The molecule has 5 nitrogen and oxygen atoms in total. The van der Waals surface area contributed by atoms with Gasteiger partial charge in [-0.3, -0.25) is 4.79 Å². The molecule has 0 bridgehead atoms. The van der Waals surface area contributed by atoms with Gasteiger partial charge in [-0.25, -0.2) is 9.78 Å². The Bertz CT molecular complexity index is 697. The van der Waals surface area contributed by atoms with Crippen LogP contribution in [0.5, 0.6) is 0 Å². The van der Waals surface area contributed by atoms with Gasteiger partial charge in [-0.15, -0.1) is 0 Å². The molecular weight excluding hydrogens is 256 g/mol. The first kappa shape index (κ1) is 12.3. The van der Waals surface area contributed by atoms with Gasteiger partial charge in [0.15, 0.2) is 0 Å². The van der Waals surface area contributed by atoms with Crippen molar-refractivity contribution in [3.05, 3.63) is 59.4 Å². The molecule has 20 heavy (non-hydrogen) atoms. The predicted molar refractivity (Wildman–Crippen MR) is 72.5 cm³/mol. The summed E-state index contributed by atoms with van der Waals surface area (Å²) < 4.78 is 0. The monoisotopic (exact) mass is 268 g/mol. The van der Waals surface area contributed by atoms with E-state index in [1.54, 1.807) is 17.0 Å². The Morgan fingerprint density at radius 1 is 1.20 bits per heavy atom. The van der Waals surface area contributed by atoms with E-state index < -0.39 is 5.97 Å². The molecule has 0 radical (unpaired) electrons. The van der Waals surface area contributed by atoms with Crippen LogP contribution in [-0.2, 0) is 17.8 Å². The van der Waals surface area contributed by atoms with E-state index in [2.05, 4.69) is 4.98 Å². The Balaban J connectivity index is 1.90. The molecule has 0 spiro atoms. The van der Waals surface area contributed by atoms with Crippen LogP contribution in [0, 0.1) is 0 Å². The van der Waals surface area contributed by atoms with Crippen LogP contribution in [0.25, 0.3) is 0 Å². The van der Waals surface area contributed by atoms with Crippen molar-refractivity contribution in [1.82, 2.24) is 4.98 Å². The molecule has 0 fully saturated rings. The van der Waals surface area contributed by atoms with Crippen molar-refractivity contribution in [1.29, 1.82) is 0 Å². The molecule has 0 aliphatic carbocycles. The lowest BCUT2D eigenvalue weighted by Crippen LogP contribution is -2.26. The average molecular weight is 268 g/mol. The Kier molecular flexibility index (Phi) is 2.95. The van der Waals surface area contributed by atoms with Crippen molar-refractivity contribution >= 4 is 17.6 Å². The van der Waals surface area contributed by atoms with Gasteiger partial charge in [-0.1, -0.05) is 24.3 Å². The lowest BCUT2D eigenvalue weighted by Gasteiger charge is -2.17. The van der Waals surface area contributed by atoms with E-state index >= 15 is 0 Å². The minimum atomic E-state index is -1.07. The van der Waals surface area contributed by atoms with Gasteiger partial charge in [-0.05, 0) is 23.8 Å². The lowest BCUT2D eigenvalue weighted by atomic mass is 10.2. The number of anilines is 1. The summed E-state index contributed by atoms with van der Waals surface area (Å²) in [6.07, 6.45) is 0.384. The molecule has 1 aliphatic heterocycles. The molecule has 2 aromatic rings. The van der Waals surface area contributed by atoms with Gasteiger partial charge in [0.05, 0.1) is 18.7 Å². The number of hydrogen-bond donors (Lipinski definition) is 1. The maximum absolute atomic E-state index is 12.0. The van der Waals surface area contributed by atoms with E-state index in [9.17, 15) is 9.59 Å². The molecule has 5 heteroatoms. The summed E-state index contributed by atoms with van der Waals surface area (Å²) in [7, 11) is 0. The second-order valence-electron chi connectivity index (χ2n) is 4.60. The van der Waals surface area contributed by atoms with Crippen LogP contribution in [0.1, 0.15) is 21.7 Å². The van der Waals surface area contributed by atoms with E-state index in [1.165, 1.54) is 6.07 Å². The molecular formula is C15H12N2O3. The fraction of sp³-hybridized carbons (Fsp3) is 0.133. The minimum Gasteiger partial charge on any atom is -0.477 e. The van der Waals surface area contributed by atoms with Gasteiger partial charge in [0.2, 0.25) is 5.91 Å². The number of aromatic carboxylic acids is 1. The molecule has 0 atom stereocenters. The first-order valence-corrected chi connectivity index (χ1v) is 6.22. The van der Waals surface area contributed by atoms with Crippen LogP contribution in [0.3, 0.4) is 0 Å². The number of carboxylic acids is 1. The fourth-order valence-corrected chi connectivity index (χ4v) is 2.34. The lowest BCUT2D eigenvalue weighted by molar-refractivity contribution is -0.117. The van der Waals surface area contributed by atoms with Gasteiger partial charge < -0.3 is 10.0 Å². The maximum atomic E-state index is 12.0. The largest absolute Gasteiger partial charge is 0.477 e. The molecule has 0 saturated carbocycles. The van der Waals surface area contributed by atoms with Crippen LogP contribution in [0.2, 0.25) is 0 Å². The number of fused-ring (bicyclic) bond motifs is 1. The summed E-state index contributed by atoms with van der Waals surface area (Å²) in [5.74, 6) is -1.06. The number of nitrogens with zero attached hydrogens (tertiary/aromatic N) is 2. The molecule has 0 unspecified atom stereocenters. The minimum absolute atomic E-state index is 0.00808. The summed E-state index contributed by atoms with van der Waals surface area (Å²) in [5.41, 5.74) is 2.42. The van der Waals surface area contributed by atoms with E-state index in [0.29, 0.717) is 12.1 Å². The highest BCUT2D eigenvalue weighted by Crippen LogP contribution is 2.29. The Morgan fingerprint density at radius 2 is 2.00 bits per heavy atom. The highest BCUT2D eigenvalue weighted by atomic mass is 16.4. The van der Waals surface area contributed by atoms with Gasteiger partial charge in [0.25, 0.3) is 0 Å². The number of carbonyl (C=O) groups is 2. The van der Waals surface area contributed by atoms with Crippen molar-refractivity contribution in [2.24, 2.45) is 0 Å². The first-order valence-electron chi connectivity index (χ1n) is 6.22. The molecule has 1 aliphatic rings. The average Bonchev–Trinajstić information content (AvgIpc) is 2.76. The number of pyridine rings is 1. The molecule has 1 N–H and O–H groups in total. The predicted octanol–water partition coefficient (Wildman–Crippen LogP) is 1.87. The molecule has 1 amide bonds. The summed E-state index contributed by atoms with van der Waals surface area (Å²) >= 11 is 0. The molecule has 2 heterocycles. The topological polar surface area (TPSA) is 70.5 Å². The van der Waals surface area contributed by atoms with Crippen LogP contribution < -0.4 is 4.90 Å². The zero-order valence-corrected chi connectivity index (χ0v) is 10.6. The number of rotatable bonds is 3. The van der Waals surface area contributed by atoms with Crippen molar-refractivity contribution in [2.75, 3.05) is 4.90 Å². The van der Waals surface area contributed by atoms with Gasteiger partial charge in [0, 0.05) is 5.69 Å². The summed E-state index contributed by atoms with van der Waals surface area (Å²) in [4.78, 5) is 28.6. The third-order valence-corrected chi connectivity index (χ3v) is 3.27. The second kappa shape index (κ2) is 4.77. The highest BCUT2D eigenvalue weighted by molar-refractivity contribution is 6.01. The third kappa shape index (κ3) is 2.14. The second-order valence-corrected chi connectivity index (χ2v) is 4.60. The molecule has 1 aromatic heterocycles. The first-order chi connectivity index (χ1) is 9.65. The van der Waals surface area contributed by atoms with Crippen molar-refractivity contribution in [2.45, 2.75) is 13.0 Å². The summed E-state index contributed by atoms with van der Waals surface area (Å²) in [6.45, 7) is 0.289. The van der Waals surface area contributed by atoms with Crippen LogP contribution >= 0.6 is 0 Å². The Labute approximate surface area is 115 Å². The summed E-state index contributed by atoms with van der Waals surface area (Å²) in [5, 5.41) is 8.94. The van der Waals surface area contributed by atoms with Crippen LogP contribution in [0.15, 0.2) is 42.5 Å². The zero-order chi connectivity index (χ0) is 14.1. The molecule has 1 aromatic carbocycles. The van der Waals surface area contributed by atoms with Crippen molar-refractivity contribution in [3.8, 4) is 0 Å². The quantitative estimate of drug-likeness (QED) is 0.922. The smallest absolute Gasteiger partial charge is 0.354 e. The zero-order valence-electron chi connectivity index (χ0n) is 10.6. The molecule has 3 rings (SSSR count). The third-order valence-electron chi connectivity index (χ3n) is 3.27. The number of amides is 1. The Morgan fingerprint density at radius 3 is 2.80 bits per heavy atom. The number of carboxylic acid groups (broad SMARTS) is 1. The van der Waals surface area contributed by atoms with E-state index in [0.717, 1.165) is 11.3 Å². The number of carbonyl (C=O) groups excluding carboxylic acids is 1. The maximum Gasteiger partial charge on any atom is 0.354 e. The molecule has 100 valence electrons. The normalized spacial score (nSPS) is 13.4. The van der Waals surface area contributed by atoms with Gasteiger partial charge in [0.1, 0.15) is 5.69 Å². The highest BCUT2D eigenvalue weighted by Gasteiger charge is 2.27.